The quantitative estimate of drug-likeness (QED) is 0.455. The summed E-state index contributed by atoms with van der Waals surface area (Å²) in [5.74, 6) is 0.542. The van der Waals surface area contributed by atoms with Gasteiger partial charge in [0.05, 0.1) is 23.8 Å². The molecule has 5 rings (SSSR count). The third-order valence-corrected chi connectivity index (χ3v) is 7.25. The summed E-state index contributed by atoms with van der Waals surface area (Å²) in [6, 6.07) is 9.63. The Morgan fingerprint density at radius 2 is 1.75 bits per heavy atom. The largest absolute Gasteiger partial charge is 0.491 e. The van der Waals surface area contributed by atoms with Gasteiger partial charge in [-0.1, -0.05) is 41.9 Å². The molecular formula is C24H27ClO7. The van der Waals surface area contributed by atoms with Crippen LogP contribution >= 0.6 is 11.6 Å². The summed E-state index contributed by atoms with van der Waals surface area (Å²) in [6.45, 7) is -0.0461. The van der Waals surface area contributed by atoms with Gasteiger partial charge in [0.25, 0.3) is 0 Å². The van der Waals surface area contributed by atoms with E-state index in [-0.39, 0.29) is 0 Å². The summed E-state index contributed by atoms with van der Waals surface area (Å²) in [4.78, 5) is 0. The van der Waals surface area contributed by atoms with Crippen molar-refractivity contribution >= 4 is 11.6 Å². The van der Waals surface area contributed by atoms with Crippen LogP contribution in [0, 0.1) is 0 Å². The molecule has 172 valence electrons. The molecule has 2 aliphatic heterocycles. The number of ether oxygens (including phenoxy) is 2. The Kier molecular flexibility index (Phi) is 5.70. The third kappa shape index (κ3) is 3.72. The van der Waals surface area contributed by atoms with Crippen LogP contribution in [0.15, 0.2) is 30.3 Å². The van der Waals surface area contributed by atoms with Gasteiger partial charge < -0.3 is 35.0 Å². The molecule has 0 bridgehead atoms. The van der Waals surface area contributed by atoms with Crippen LogP contribution in [0.25, 0.3) is 0 Å². The van der Waals surface area contributed by atoms with Gasteiger partial charge in [-0.2, -0.15) is 0 Å². The summed E-state index contributed by atoms with van der Waals surface area (Å²) in [7, 11) is 0. The first kappa shape index (κ1) is 22.1. The van der Waals surface area contributed by atoms with Crippen LogP contribution in [0.4, 0.5) is 0 Å². The molecule has 8 heteroatoms. The molecule has 1 saturated carbocycles. The number of aliphatic hydroxyl groups excluding tert-OH is 4. The van der Waals surface area contributed by atoms with Gasteiger partial charge in [-0.05, 0) is 41.5 Å². The summed E-state index contributed by atoms with van der Waals surface area (Å²) in [5.41, 5.74) is 3.43. The molecule has 32 heavy (non-hydrogen) atoms. The van der Waals surface area contributed by atoms with E-state index in [4.69, 9.17) is 21.1 Å². The second kappa shape index (κ2) is 8.25. The first-order valence-corrected chi connectivity index (χ1v) is 11.3. The molecule has 1 aliphatic carbocycles. The monoisotopic (exact) mass is 462 g/mol. The number of hydrogen-bond acceptors (Lipinski definition) is 7. The average molecular weight is 463 g/mol. The Bertz CT molecular complexity index is 1000. The molecule has 2 heterocycles. The van der Waals surface area contributed by atoms with E-state index in [1.54, 1.807) is 0 Å². The highest BCUT2D eigenvalue weighted by Crippen LogP contribution is 2.46. The Morgan fingerprint density at radius 3 is 2.41 bits per heavy atom. The van der Waals surface area contributed by atoms with E-state index >= 15 is 0 Å². The standard InChI is InChI=1S/C24H27ClO7/c25-18-13(9-12-1-3-14(4-2-12)24(30)6-7-24)10-16(15-5-8-31-22(15)18)23-21(29)20(28)19(27)17(11-26)32-23/h1-4,10,17,19-21,23,26-30H,5-9,11H2/t17-,19-,20+,21-,23+/m1/s1. The minimum atomic E-state index is -1.45. The van der Waals surface area contributed by atoms with Gasteiger partial charge in [0, 0.05) is 12.0 Å². The Labute approximate surface area is 190 Å². The summed E-state index contributed by atoms with van der Waals surface area (Å²) < 4.78 is 11.6. The number of aliphatic hydroxyl groups is 5. The number of benzene rings is 2. The maximum atomic E-state index is 10.7. The minimum Gasteiger partial charge on any atom is -0.491 e. The summed E-state index contributed by atoms with van der Waals surface area (Å²) in [6.07, 6.45) is -3.53. The van der Waals surface area contributed by atoms with E-state index in [1.165, 1.54) is 0 Å². The van der Waals surface area contributed by atoms with E-state index < -0.39 is 42.7 Å². The fourth-order valence-corrected chi connectivity index (χ4v) is 5.00. The number of rotatable bonds is 5. The normalized spacial score (nSPS) is 30.6. The van der Waals surface area contributed by atoms with Gasteiger partial charge in [0.2, 0.25) is 0 Å². The van der Waals surface area contributed by atoms with Crippen molar-refractivity contribution in [3.05, 3.63) is 63.2 Å². The zero-order valence-corrected chi connectivity index (χ0v) is 18.2. The molecule has 0 unspecified atom stereocenters. The maximum absolute atomic E-state index is 10.7. The molecule has 7 nitrogen and oxygen atoms in total. The highest BCUT2D eigenvalue weighted by molar-refractivity contribution is 6.33. The van der Waals surface area contributed by atoms with Crippen LogP contribution in [0.1, 0.15) is 46.8 Å². The maximum Gasteiger partial charge on any atom is 0.141 e. The lowest BCUT2D eigenvalue weighted by Crippen LogP contribution is -2.55. The molecule has 3 aliphatic rings. The molecule has 5 atom stereocenters. The number of fused-ring (bicyclic) bond motifs is 1. The van der Waals surface area contributed by atoms with Crippen molar-refractivity contribution in [1.82, 2.24) is 0 Å². The van der Waals surface area contributed by atoms with Crippen molar-refractivity contribution in [2.75, 3.05) is 13.2 Å². The Balaban J connectivity index is 1.49. The summed E-state index contributed by atoms with van der Waals surface area (Å²) in [5, 5.41) is 51.4. The molecule has 2 fully saturated rings. The first-order valence-electron chi connectivity index (χ1n) is 10.9. The van der Waals surface area contributed by atoms with Crippen LogP contribution in [0.2, 0.25) is 5.02 Å². The SMILES string of the molecule is OC[C@H]1O[C@@H](c2cc(Cc3ccc(C4(O)CC4)cc3)c(Cl)c3c2CCO3)[C@H](O)[C@@H](O)[C@@H]1O. The van der Waals surface area contributed by atoms with Crippen molar-refractivity contribution in [2.24, 2.45) is 0 Å². The predicted molar refractivity (Wildman–Crippen MR) is 116 cm³/mol. The molecule has 0 spiro atoms. The molecule has 0 radical (unpaired) electrons. The van der Waals surface area contributed by atoms with E-state index in [1.807, 2.05) is 30.3 Å². The highest BCUT2D eigenvalue weighted by atomic mass is 35.5. The molecule has 5 N–H and O–H groups in total. The molecule has 2 aromatic carbocycles. The van der Waals surface area contributed by atoms with Crippen molar-refractivity contribution in [3.63, 3.8) is 0 Å². The van der Waals surface area contributed by atoms with Crippen molar-refractivity contribution < 1.29 is 35.0 Å². The number of hydrogen-bond donors (Lipinski definition) is 5. The minimum absolute atomic E-state index is 0.441. The molecule has 0 amide bonds. The topological polar surface area (TPSA) is 120 Å². The van der Waals surface area contributed by atoms with Crippen molar-refractivity contribution in [1.29, 1.82) is 0 Å². The lowest BCUT2D eigenvalue weighted by atomic mass is 9.87. The first-order chi connectivity index (χ1) is 15.3. The highest BCUT2D eigenvalue weighted by Gasteiger charge is 2.45. The summed E-state index contributed by atoms with van der Waals surface area (Å²) >= 11 is 6.68. The Morgan fingerprint density at radius 1 is 1.03 bits per heavy atom. The van der Waals surface area contributed by atoms with Crippen LogP contribution < -0.4 is 4.74 Å². The van der Waals surface area contributed by atoms with Crippen molar-refractivity contribution in [2.45, 2.75) is 61.8 Å². The molecule has 1 saturated heterocycles. The van der Waals surface area contributed by atoms with E-state index in [9.17, 15) is 25.5 Å². The zero-order chi connectivity index (χ0) is 22.6. The fourth-order valence-electron chi connectivity index (χ4n) is 4.71. The lowest BCUT2D eigenvalue weighted by molar-refractivity contribution is -0.231. The molecule has 0 aromatic heterocycles. The number of halogens is 1. The van der Waals surface area contributed by atoms with Gasteiger partial charge in [0.1, 0.15) is 36.3 Å². The molecular weight excluding hydrogens is 436 g/mol. The van der Waals surface area contributed by atoms with Gasteiger partial charge in [-0.3, -0.25) is 0 Å². The van der Waals surface area contributed by atoms with Gasteiger partial charge in [-0.15, -0.1) is 0 Å². The Hall–Kier alpha value is -1.71. The molecule has 2 aromatic rings. The second-order valence-corrected chi connectivity index (χ2v) is 9.38. The third-order valence-electron chi connectivity index (χ3n) is 6.84. The fraction of sp³-hybridized carbons (Fsp3) is 0.500. The van der Waals surface area contributed by atoms with Crippen LogP contribution in [-0.2, 0) is 23.2 Å². The van der Waals surface area contributed by atoms with E-state index in [0.717, 1.165) is 35.1 Å². The van der Waals surface area contributed by atoms with E-state index in [2.05, 4.69) is 0 Å². The van der Waals surface area contributed by atoms with Crippen LogP contribution in [0.5, 0.6) is 5.75 Å². The van der Waals surface area contributed by atoms with Gasteiger partial charge >= 0.3 is 0 Å². The second-order valence-electron chi connectivity index (χ2n) is 9.00. The van der Waals surface area contributed by atoms with E-state index in [0.29, 0.717) is 35.8 Å². The predicted octanol–water partition coefficient (Wildman–Crippen LogP) is 1.36. The smallest absolute Gasteiger partial charge is 0.141 e. The van der Waals surface area contributed by atoms with Crippen molar-refractivity contribution in [3.8, 4) is 5.75 Å². The van der Waals surface area contributed by atoms with Crippen LogP contribution in [0.3, 0.4) is 0 Å². The van der Waals surface area contributed by atoms with Gasteiger partial charge in [0.15, 0.2) is 0 Å². The van der Waals surface area contributed by atoms with Gasteiger partial charge in [-0.25, -0.2) is 0 Å². The zero-order valence-electron chi connectivity index (χ0n) is 17.4. The lowest BCUT2D eigenvalue weighted by Gasteiger charge is -2.40. The average Bonchev–Trinajstić information content (AvgIpc) is 3.35. The van der Waals surface area contributed by atoms with Crippen LogP contribution in [-0.4, -0.2) is 63.2 Å².